The van der Waals surface area contributed by atoms with Crippen molar-refractivity contribution in [1.82, 2.24) is 10.2 Å². The number of morpholine rings is 1. The monoisotopic (exact) mass is 214 g/mol. The molecule has 0 aromatic heterocycles. The summed E-state index contributed by atoms with van der Waals surface area (Å²) in [6.07, 6.45) is -0.346. The van der Waals surface area contributed by atoms with Crippen molar-refractivity contribution in [2.75, 3.05) is 20.1 Å². The summed E-state index contributed by atoms with van der Waals surface area (Å²) in [7, 11) is 2.01. The summed E-state index contributed by atoms with van der Waals surface area (Å²) >= 11 is 0. The lowest BCUT2D eigenvalue weighted by molar-refractivity contribution is -0.161. The highest BCUT2D eigenvalue weighted by Crippen LogP contribution is 2.19. The van der Waals surface area contributed by atoms with Gasteiger partial charge < -0.3 is 15.0 Å². The molecule has 1 rings (SSSR count). The Morgan fingerprint density at radius 2 is 2.13 bits per heavy atom. The van der Waals surface area contributed by atoms with Crippen LogP contribution in [0, 0.1) is 0 Å². The van der Waals surface area contributed by atoms with E-state index in [0.29, 0.717) is 6.54 Å². The lowest BCUT2D eigenvalue weighted by Gasteiger charge is -2.40. The predicted molar refractivity (Wildman–Crippen MR) is 59.7 cm³/mol. The molecule has 1 aliphatic rings. The summed E-state index contributed by atoms with van der Waals surface area (Å²) in [6, 6.07) is 0.163. The van der Waals surface area contributed by atoms with Crippen LogP contribution >= 0.6 is 0 Å². The van der Waals surface area contributed by atoms with Gasteiger partial charge in [-0.3, -0.25) is 4.79 Å². The second-order valence-corrected chi connectivity index (χ2v) is 5.23. The van der Waals surface area contributed by atoms with E-state index in [9.17, 15) is 4.79 Å². The van der Waals surface area contributed by atoms with Crippen molar-refractivity contribution >= 4 is 5.91 Å². The molecule has 15 heavy (non-hydrogen) atoms. The van der Waals surface area contributed by atoms with Crippen molar-refractivity contribution in [2.45, 2.75) is 45.4 Å². The van der Waals surface area contributed by atoms with Gasteiger partial charge in [-0.2, -0.15) is 0 Å². The van der Waals surface area contributed by atoms with Crippen LogP contribution in [0.5, 0.6) is 0 Å². The summed E-state index contributed by atoms with van der Waals surface area (Å²) in [4.78, 5) is 13.9. The molecule has 1 atom stereocenters. The quantitative estimate of drug-likeness (QED) is 0.732. The maximum Gasteiger partial charge on any atom is 0.250 e. The Morgan fingerprint density at radius 3 is 2.60 bits per heavy atom. The third-order valence-electron chi connectivity index (χ3n) is 2.31. The molecule has 1 N–H and O–H groups in total. The van der Waals surface area contributed by atoms with Gasteiger partial charge in [0.05, 0.1) is 5.60 Å². The molecule has 1 fully saturated rings. The Bertz CT molecular complexity index is 239. The van der Waals surface area contributed by atoms with Gasteiger partial charge in [0.15, 0.2) is 0 Å². The van der Waals surface area contributed by atoms with Crippen LogP contribution < -0.4 is 5.32 Å². The number of ether oxygens (including phenoxy) is 1. The first kappa shape index (κ1) is 12.5. The van der Waals surface area contributed by atoms with Gasteiger partial charge in [0.25, 0.3) is 5.91 Å². The smallest absolute Gasteiger partial charge is 0.250 e. The summed E-state index contributed by atoms with van der Waals surface area (Å²) in [5.74, 6) is -0.00961. The van der Waals surface area contributed by atoms with E-state index in [1.165, 1.54) is 0 Å². The van der Waals surface area contributed by atoms with Crippen molar-refractivity contribution in [1.29, 1.82) is 0 Å². The van der Waals surface area contributed by atoms with Gasteiger partial charge in [-0.05, 0) is 34.7 Å². The zero-order valence-corrected chi connectivity index (χ0v) is 10.3. The van der Waals surface area contributed by atoms with Gasteiger partial charge >= 0.3 is 0 Å². The average Bonchev–Trinajstić information content (AvgIpc) is 1.98. The Hall–Kier alpha value is -0.610. The highest BCUT2D eigenvalue weighted by atomic mass is 16.5. The molecule has 1 saturated heterocycles. The molecule has 4 heteroatoms. The maximum absolute atomic E-state index is 11.8. The van der Waals surface area contributed by atoms with Crippen LogP contribution in [0.2, 0.25) is 0 Å². The first-order valence-electron chi connectivity index (χ1n) is 5.47. The molecule has 0 aliphatic carbocycles. The van der Waals surface area contributed by atoms with Crippen LogP contribution in [-0.2, 0) is 9.53 Å². The highest BCUT2D eigenvalue weighted by Gasteiger charge is 2.35. The molecular weight excluding hydrogens is 192 g/mol. The van der Waals surface area contributed by atoms with Crippen molar-refractivity contribution in [3.05, 3.63) is 0 Å². The zero-order valence-electron chi connectivity index (χ0n) is 10.3. The lowest BCUT2D eigenvalue weighted by atomic mass is 10.1. The number of hydrogen-bond donors (Lipinski definition) is 1. The number of rotatable bonds is 2. The van der Waals surface area contributed by atoms with Gasteiger partial charge in [0, 0.05) is 19.1 Å². The highest BCUT2D eigenvalue weighted by molar-refractivity contribution is 5.81. The van der Waals surface area contributed by atoms with Crippen molar-refractivity contribution < 1.29 is 9.53 Å². The van der Waals surface area contributed by atoms with Crippen LogP contribution in [0.4, 0.5) is 0 Å². The minimum Gasteiger partial charge on any atom is -0.360 e. The van der Waals surface area contributed by atoms with E-state index >= 15 is 0 Å². The van der Waals surface area contributed by atoms with E-state index in [2.05, 4.69) is 10.2 Å². The number of hydrogen-bond acceptors (Lipinski definition) is 3. The van der Waals surface area contributed by atoms with Crippen LogP contribution in [0.1, 0.15) is 27.7 Å². The van der Waals surface area contributed by atoms with Gasteiger partial charge in [-0.1, -0.05) is 0 Å². The summed E-state index contributed by atoms with van der Waals surface area (Å²) in [6.45, 7) is 9.46. The van der Waals surface area contributed by atoms with Crippen LogP contribution in [0.3, 0.4) is 0 Å². The third kappa shape index (κ3) is 3.80. The number of nitrogens with one attached hydrogen (secondary N) is 1. The largest absolute Gasteiger partial charge is 0.360 e. The molecule has 88 valence electrons. The van der Waals surface area contributed by atoms with Gasteiger partial charge in [0.2, 0.25) is 0 Å². The molecule has 0 radical (unpaired) electrons. The molecule has 0 spiro atoms. The number of likely N-dealkylation sites (N-methyl/N-ethyl adjacent to an activating group) is 1. The number of carbonyl (C=O) groups is 1. The minimum atomic E-state index is -0.346. The van der Waals surface area contributed by atoms with E-state index in [0.717, 1.165) is 6.54 Å². The third-order valence-corrected chi connectivity index (χ3v) is 2.31. The Morgan fingerprint density at radius 1 is 1.53 bits per heavy atom. The molecule has 0 aromatic rings. The first-order chi connectivity index (χ1) is 6.80. The fraction of sp³-hybridized carbons (Fsp3) is 0.909. The van der Waals surface area contributed by atoms with E-state index in [-0.39, 0.29) is 23.7 Å². The summed E-state index contributed by atoms with van der Waals surface area (Å²) in [5.41, 5.74) is -0.244. The Labute approximate surface area is 92.0 Å². The standard InChI is InChI=1S/C11H22N2O2/c1-8(2)12-10(14)9-6-13(5)7-11(3,4)15-9/h8-9H,6-7H2,1-5H3,(H,12,14)/t9-/m1/s1. The summed E-state index contributed by atoms with van der Waals surface area (Å²) < 4.78 is 5.75. The molecule has 1 aliphatic heterocycles. The minimum absolute atomic E-state index is 0.00961. The number of nitrogens with zero attached hydrogens (tertiary/aromatic N) is 1. The maximum atomic E-state index is 11.8. The van der Waals surface area contributed by atoms with Gasteiger partial charge in [0.1, 0.15) is 6.10 Å². The molecule has 0 bridgehead atoms. The molecular formula is C11H22N2O2. The van der Waals surface area contributed by atoms with Gasteiger partial charge in [-0.25, -0.2) is 0 Å². The lowest BCUT2D eigenvalue weighted by Crippen LogP contribution is -2.56. The van der Waals surface area contributed by atoms with E-state index in [1.807, 2.05) is 34.7 Å². The molecule has 0 aromatic carbocycles. The van der Waals surface area contributed by atoms with Gasteiger partial charge in [-0.15, -0.1) is 0 Å². The fourth-order valence-electron chi connectivity index (χ4n) is 1.97. The second kappa shape index (κ2) is 4.49. The van der Waals surface area contributed by atoms with E-state index in [4.69, 9.17) is 4.74 Å². The zero-order chi connectivity index (χ0) is 11.6. The summed E-state index contributed by atoms with van der Waals surface area (Å²) in [5, 5.41) is 2.88. The van der Waals surface area contributed by atoms with Crippen LogP contribution in [0.15, 0.2) is 0 Å². The van der Waals surface area contributed by atoms with Crippen LogP contribution in [-0.4, -0.2) is 48.7 Å². The van der Waals surface area contributed by atoms with Crippen LogP contribution in [0.25, 0.3) is 0 Å². The second-order valence-electron chi connectivity index (χ2n) is 5.23. The number of amides is 1. The normalized spacial score (nSPS) is 26.7. The molecule has 0 saturated carbocycles. The topological polar surface area (TPSA) is 41.6 Å². The fourth-order valence-corrected chi connectivity index (χ4v) is 1.97. The average molecular weight is 214 g/mol. The van der Waals surface area contributed by atoms with Crippen molar-refractivity contribution in [3.63, 3.8) is 0 Å². The number of carbonyl (C=O) groups excluding carboxylic acids is 1. The molecule has 4 nitrogen and oxygen atoms in total. The molecule has 1 heterocycles. The Kier molecular flexibility index (Phi) is 3.73. The van der Waals surface area contributed by atoms with E-state index < -0.39 is 0 Å². The van der Waals surface area contributed by atoms with Crippen molar-refractivity contribution in [2.24, 2.45) is 0 Å². The molecule has 0 unspecified atom stereocenters. The van der Waals surface area contributed by atoms with E-state index in [1.54, 1.807) is 0 Å². The van der Waals surface area contributed by atoms with Crippen molar-refractivity contribution in [3.8, 4) is 0 Å². The molecule has 1 amide bonds. The predicted octanol–water partition coefficient (Wildman–Crippen LogP) is 0.620. The Balaban J connectivity index is 2.58. The first-order valence-corrected chi connectivity index (χ1v) is 5.47. The SMILES string of the molecule is CC(C)NC(=O)[C@H]1CN(C)CC(C)(C)O1.